The monoisotopic (exact) mass is 271 g/mol. The molecule has 0 saturated heterocycles. The van der Waals surface area contributed by atoms with E-state index in [4.69, 9.17) is 23.2 Å². The molecule has 0 amide bonds. The Morgan fingerprint density at radius 3 is 2.56 bits per heavy atom. The molecule has 0 radical (unpaired) electrons. The average molecular weight is 272 g/mol. The van der Waals surface area contributed by atoms with Gasteiger partial charge in [-0.15, -0.1) is 0 Å². The quantitative estimate of drug-likeness (QED) is 0.809. The van der Waals surface area contributed by atoms with E-state index in [9.17, 15) is 5.11 Å². The Morgan fingerprint density at radius 2 is 2.00 bits per heavy atom. The second-order valence-electron chi connectivity index (χ2n) is 3.05. The van der Waals surface area contributed by atoms with Crippen molar-refractivity contribution in [1.82, 2.24) is 4.37 Å². The third kappa shape index (κ3) is 2.38. The first-order valence-corrected chi connectivity index (χ1v) is 5.98. The number of rotatable bonds is 2. The van der Waals surface area contributed by atoms with E-state index in [1.807, 2.05) is 24.3 Å². The van der Waals surface area contributed by atoms with Crippen LogP contribution in [0.25, 0.3) is 6.08 Å². The van der Waals surface area contributed by atoms with Crippen molar-refractivity contribution < 1.29 is 5.11 Å². The predicted octanol–water partition coefficient (Wildman–Crippen LogP) is 4.40. The highest BCUT2D eigenvalue weighted by molar-refractivity contribution is 7.11. The molecular weight excluding hydrogens is 265 g/mol. The van der Waals surface area contributed by atoms with Crippen LogP contribution in [0.3, 0.4) is 0 Å². The first kappa shape index (κ1) is 11.5. The molecule has 0 aromatic carbocycles. The molecule has 1 N–H and O–H groups in total. The molecule has 1 heterocycles. The standard InChI is InChI=1S/C11H7Cl2NOS/c12-10-8(14-16-11(10)13)5-6-9(15)7-3-1-2-4-7/h1-6,15H/b6-5+. The zero-order valence-corrected chi connectivity index (χ0v) is 10.4. The van der Waals surface area contributed by atoms with E-state index < -0.39 is 0 Å². The number of hydrogen-bond acceptors (Lipinski definition) is 3. The van der Waals surface area contributed by atoms with Crippen LogP contribution in [-0.2, 0) is 0 Å². The number of hydrogen-bond donors (Lipinski definition) is 1. The summed E-state index contributed by atoms with van der Waals surface area (Å²) in [5, 5.41) is 10.1. The minimum Gasteiger partial charge on any atom is -0.507 e. The van der Waals surface area contributed by atoms with Crippen molar-refractivity contribution in [3.05, 3.63) is 56.8 Å². The highest BCUT2D eigenvalue weighted by Crippen LogP contribution is 2.30. The van der Waals surface area contributed by atoms with E-state index in [1.165, 1.54) is 0 Å². The first-order chi connectivity index (χ1) is 7.68. The van der Waals surface area contributed by atoms with E-state index in [0.717, 1.165) is 17.1 Å². The molecule has 0 atom stereocenters. The Morgan fingerprint density at radius 1 is 1.31 bits per heavy atom. The van der Waals surface area contributed by atoms with Gasteiger partial charge in [0.25, 0.3) is 0 Å². The maximum Gasteiger partial charge on any atom is 0.133 e. The molecule has 0 spiro atoms. The van der Waals surface area contributed by atoms with Crippen LogP contribution in [0, 0.1) is 0 Å². The van der Waals surface area contributed by atoms with Crippen molar-refractivity contribution in [2.75, 3.05) is 0 Å². The van der Waals surface area contributed by atoms with Gasteiger partial charge in [-0.1, -0.05) is 47.5 Å². The van der Waals surface area contributed by atoms with Crippen LogP contribution in [0.5, 0.6) is 0 Å². The molecule has 5 heteroatoms. The Balaban J connectivity index is 2.22. The summed E-state index contributed by atoms with van der Waals surface area (Å²) in [7, 11) is 0. The van der Waals surface area contributed by atoms with Gasteiger partial charge in [-0.2, -0.15) is 4.37 Å². The van der Waals surface area contributed by atoms with E-state index >= 15 is 0 Å². The molecule has 16 heavy (non-hydrogen) atoms. The van der Waals surface area contributed by atoms with Gasteiger partial charge in [0.2, 0.25) is 0 Å². The van der Waals surface area contributed by atoms with E-state index in [0.29, 0.717) is 15.1 Å². The summed E-state index contributed by atoms with van der Waals surface area (Å²) in [6.07, 6.45) is 10.5. The van der Waals surface area contributed by atoms with Gasteiger partial charge < -0.3 is 5.11 Å². The fourth-order valence-electron chi connectivity index (χ4n) is 1.17. The van der Waals surface area contributed by atoms with Crippen LogP contribution in [0.4, 0.5) is 0 Å². The molecule has 0 aliphatic heterocycles. The van der Waals surface area contributed by atoms with Gasteiger partial charge in [-0.25, -0.2) is 0 Å². The molecule has 0 unspecified atom stereocenters. The molecule has 1 aliphatic carbocycles. The molecule has 82 valence electrons. The SMILES string of the molecule is OC(/C=C/c1nsc(Cl)c1Cl)=C1C=CC=C1. The lowest BCUT2D eigenvalue weighted by molar-refractivity contribution is 0.430. The van der Waals surface area contributed by atoms with Gasteiger partial charge in [0.05, 0.1) is 10.7 Å². The van der Waals surface area contributed by atoms with E-state index in [1.54, 1.807) is 12.2 Å². The number of allylic oxidation sites excluding steroid dienone is 6. The number of nitrogens with zero attached hydrogens (tertiary/aromatic N) is 1. The van der Waals surface area contributed by atoms with Crippen LogP contribution < -0.4 is 0 Å². The summed E-state index contributed by atoms with van der Waals surface area (Å²) in [6.45, 7) is 0. The molecule has 0 fully saturated rings. The molecular formula is C11H7Cl2NOS. The summed E-state index contributed by atoms with van der Waals surface area (Å²) in [4.78, 5) is 0. The molecule has 1 aliphatic rings. The highest BCUT2D eigenvalue weighted by atomic mass is 35.5. The summed E-state index contributed by atoms with van der Waals surface area (Å²) in [5.74, 6) is 0.171. The van der Waals surface area contributed by atoms with Gasteiger partial charge in [0.15, 0.2) is 0 Å². The number of aliphatic hydroxyl groups is 1. The van der Waals surface area contributed by atoms with Crippen molar-refractivity contribution in [2.24, 2.45) is 0 Å². The predicted molar refractivity (Wildman–Crippen MR) is 69.1 cm³/mol. The second-order valence-corrected chi connectivity index (χ2v) is 4.80. The highest BCUT2D eigenvalue weighted by Gasteiger charge is 2.07. The van der Waals surface area contributed by atoms with Crippen LogP contribution in [0.2, 0.25) is 9.36 Å². The van der Waals surface area contributed by atoms with Gasteiger partial charge in [-0.3, -0.25) is 0 Å². The third-order valence-electron chi connectivity index (χ3n) is 1.98. The number of aliphatic hydroxyl groups excluding tert-OH is 1. The Hall–Kier alpha value is -1.03. The van der Waals surface area contributed by atoms with Gasteiger partial charge in [0, 0.05) is 5.57 Å². The molecule has 1 aromatic rings. The van der Waals surface area contributed by atoms with Crippen LogP contribution in [0.1, 0.15) is 5.69 Å². The van der Waals surface area contributed by atoms with Gasteiger partial charge in [0.1, 0.15) is 10.1 Å². The molecule has 1 aromatic heterocycles. The number of halogens is 2. The lowest BCUT2D eigenvalue weighted by Crippen LogP contribution is -1.80. The normalized spacial score (nSPS) is 14.2. The zero-order chi connectivity index (χ0) is 11.5. The molecule has 0 bridgehead atoms. The van der Waals surface area contributed by atoms with Crippen LogP contribution in [0.15, 0.2) is 41.7 Å². The molecule has 2 nitrogen and oxygen atoms in total. The third-order valence-corrected chi connectivity index (χ3v) is 3.62. The van der Waals surface area contributed by atoms with Crippen molar-refractivity contribution >= 4 is 40.8 Å². The van der Waals surface area contributed by atoms with Gasteiger partial charge >= 0.3 is 0 Å². The summed E-state index contributed by atoms with van der Waals surface area (Å²) in [6, 6.07) is 0. The Bertz CT molecular complexity index is 512. The first-order valence-electron chi connectivity index (χ1n) is 4.45. The number of aromatic nitrogens is 1. The smallest absolute Gasteiger partial charge is 0.133 e. The maximum atomic E-state index is 9.70. The Kier molecular flexibility index (Phi) is 3.49. The minimum atomic E-state index is 0.171. The van der Waals surface area contributed by atoms with Crippen molar-refractivity contribution in [3.63, 3.8) is 0 Å². The zero-order valence-electron chi connectivity index (χ0n) is 8.02. The largest absolute Gasteiger partial charge is 0.507 e. The van der Waals surface area contributed by atoms with Crippen LogP contribution >= 0.6 is 34.7 Å². The Labute approximate surface area is 107 Å². The second kappa shape index (κ2) is 4.87. The molecule has 2 rings (SSSR count). The van der Waals surface area contributed by atoms with E-state index in [-0.39, 0.29) is 5.76 Å². The minimum absolute atomic E-state index is 0.171. The van der Waals surface area contributed by atoms with Gasteiger partial charge in [-0.05, 0) is 23.7 Å². The van der Waals surface area contributed by atoms with Crippen molar-refractivity contribution in [1.29, 1.82) is 0 Å². The fourth-order valence-corrected chi connectivity index (χ4v) is 2.15. The average Bonchev–Trinajstić information content (AvgIpc) is 2.89. The summed E-state index contributed by atoms with van der Waals surface area (Å²) < 4.78 is 4.49. The summed E-state index contributed by atoms with van der Waals surface area (Å²) in [5.41, 5.74) is 1.32. The van der Waals surface area contributed by atoms with Crippen molar-refractivity contribution in [2.45, 2.75) is 0 Å². The summed E-state index contributed by atoms with van der Waals surface area (Å²) >= 11 is 12.8. The molecule has 0 saturated carbocycles. The van der Waals surface area contributed by atoms with E-state index in [2.05, 4.69) is 4.37 Å². The maximum absolute atomic E-state index is 9.70. The van der Waals surface area contributed by atoms with Crippen molar-refractivity contribution in [3.8, 4) is 0 Å². The topological polar surface area (TPSA) is 33.1 Å². The lowest BCUT2D eigenvalue weighted by Gasteiger charge is -1.94. The van der Waals surface area contributed by atoms with Crippen LogP contribution in [-0.4, -0.2) is 9.48 Å². The fraction of sp³-hybridized carbons (Fsp3) is 0. The lowest BCUT2D eigenvalue weighted by atomic mass is 10.2.